The third kappa shape index (κ3) is 1.92. The maximum absolute atomic E-state index is 6.05. The maximum atomic E-state index is 6.05. The molecule has 0 fully saturated rings. The summed E-state index contributed by atoms with van der Waals surface area (Å²) in [7, 11) is 0. The Balaban J connectivity index is 1.99. The molecule has 0 radical (unpaired) electrons. The minimum atomic E-state index is 0.0282. The molecule has 1 atom stereocenters. The first kappa shape index (κ1) is 11.1. The molecule has 1 heteroatoms. The Bertz CT molecular complexity index is 593. The van der Waals surface area contributed by atoms with Crippen LogP contribution in [0.2, 0.25) is 0 Å². The molecule has 0 amide bonds. The van der Waals surface area contributed by atoms with Gasteiger partial charge in [0, 0.05) is 5.56 Å². The Hall–Kier alpha value is -2.02. The van der Waals surface area contributed by atoms with Gasteiger partial charge in [-0.25, -0.2) is 0 Å². The Kier molecular flexibility index (Phi) is 2.67. The topological polar surface area (TPSA) is 9.23 Å². The predicted octanol–water partition coefficient (Wildman–Crippen LogP) is 4.53. The zero-order valence-electron chi connectivity index (χ0n) is 10.7. The largest absolute Gasteiger partial charge is 0.481 e. The molecule has 0 aliphatic carbocycles. The van der Waals surface area contributed by atoms with E-state index in [1.54, 1.807) is 0 Å². The van der Waals surface area contributed by atoms with E-state index >= 15 is 0 Å². The Labute approximate surface area is 108 Å². The van der Waals surface area contributed by atoms with Crippen molar-refractivity contribution in [3.05, 3.63) is 71.3 Å². The van der Waals surface area contributed by atoms with Crippen molar-refractivity contribution >= 4 is 5.57 Å². The van der Waals surface area contributed by atoms with Gasteiger partial charge in [0.1, 0.15) is 11.9 Å². The second kappa shape index (κ2) is 4.34. The molecule has 1 aliphatic rings. The van der Waals surface area contributed by atoms with E-state index in [0.717, 1.165) is 5.75 Å². The molecule has 3 rings (SSSR count). The van der Waals surface area contributed by atoms with Crippen LogP contribution in [-0.2, 0) is 0 Å². The lowest BCUT2D eigenvalue weighted by Gasteiger charge is -2.24. The van der Waals surface area contributed by atoms with Crippen LogP contribution in [0.5, 0.6) is 5.75 Å². The van der Waals surface area contributed by atoms with E-state index in [0.29, 0.717) is 0 Å². The molecule has 0 bridgehead atoms. The quantitative estimate of drug-likeness (QED) is 0.706. The molecule has 0 N–H and O–H groups in total. The average Bonchev–Trinajstić information content (AvgIpc) is 2.39. The third-order valence-electron chi connectivity index (χ3n) is 3.37. The Morgan fingerprint density at radius 1 is 0.889 bits per heavy atom. The number of rotatable bonds is 1. The molecule has 1 heterocycles. The van der Waals surface area contributed by atoms with E-state index in [9.17, 15) is 0 Å². The fourth-order valence-electron chi connectivity index (χ4n) is 2.30. The van der Waals surface area contributed by atoms with E-state index in [4.69, 9.17) is 4.74 Å². The number of fused-ring (bicyclic) bond motifs is 1. The molecule has 1 aliphatic heterocycles. The Morgan fingerprint density at radius 2 is 1.61 bits per heavy atom. The van der Waals surface area contributed by atoms with Crippen LogP contribution < -0.4 is 4.74 Å². The summed E-state index contributed by atoms with van der Waals surface area (Å²) in [6, 6.07) is 16.7. The number of ether oxygens (including phenoxy) is 1. The van der Waals surface area contributed by atoms with Gasteiger partial charge in [0.25, 0.3) is 0 Å². The van der Waals surface area contributed by atoms with Gasteiger partial charge in [0.05, 0.1) is 0 Å². The maximum Gasteiger partial charge on any atom is 0.143 e. The Morgan fingerprint density at radius 3 is 2.39 bits per heavy atom. The number of benzene rings is 2. The second-order valence-electron chi connectivity index (χ2n) is 4.79. The minimum Gasteiger partial charge on any atom is -0.481 e. The second-order valence-corrected chi connectivity index (χ2v) is 4.79. The van der Waals surface area contributed by atoms with Crippen molar-refractivity contribution in [3.63, 3.8) is 0 Å². The fraction of sp³-hybridized carbons (Fsp3) is 0.176. The van der Waals surface area contributed by atoms with E-state index in [2.05, 4.69) is 50.3 Å². The molecule has 0 aromatic heterocycles. The summed E-state index contributed by atoms with van der Waals surface area (Å²) in [4.78, 5) is 0. The predicted molar refractivity (Wildman–Crippen MR) is 74.6 cm³/mol. The van der Waals surface area contributed by atoms with E-state index in [1.807, 2.05) is 18.2 Å². The monoisotopic (exact) mass is 236 g/mol. The van der Waals surface area contributed by atoms with Crippen LogP contribution in [0, 0.1) is 6.92 Å². The first-order valence-electron chi connectivity index (χ1n) is 6.25. The van der Waals surface area contributed by atoms with Crippen molar-refractivity contribution < 1.29 is 4.74 Å². The van der Waals surface area contributed by atoms with Gasteiger partial charge in [-0.1, -0.05) is 48.0 Å². The molecule has 1 nitrogen and oxygen atoms in total. The van der Waals surface area contributed by atoms with Crippen molar-refractivity contribution in [3.8, 4) is 5.75 Å². The third-order valence-corrected chi connectivity index (χ3v) is 3.37. The highest BCUT2D eigenvalue weighted by molar-refractivity contribution is 5.71. The van der Waals surface area contributed by atoms with Crippen molar-refractivity contribution in [2.75, 3.05) is 0 Å². The molecule has 0 saturated carbocycles. The molecule has 0 saturated heterocycles. The van der Waals surface area contributed by atoms with Gasteiger partial charge in [0.2, 0.25) is 0 Å². The van der Waals surface area contributed by atoms with E-state index in [-0.39, 0.29) is 6.10 Å². The highest BCUT2D eigenvalue weighted by Gasteiger charge is 2.19. The van der Waals surface area contributed by atoms with Crippen LogP contribution in [-0.4, -0.2) is 0 Å². The van der Waals surface area contributed by atoms with Gasteiger partial charge in [-0.05, 0) is 37.1 Å². The molecule has 0 spiro atoms. The van der Waals surface area contributed by atoms with E-state index in [1.165, 1.54) is 22.3 Å². The van der Waals surface area contributed by atoms with Crippen LogP contribution in [0.15, 0.2) is 54.6 Å². The first-order chi connectivity index (χ1) is 8.74. The molecule has 18 heavy (non-hydrogen) atoms. The molecule has 2 aromatic rings. The number of allylic oxidation sites excluding steroid dienone is 1. The zero-order valence-corrected chi connectivity index (χ0v) is 10.7. The van der Waals surface area contributed by atoms with Crippen LogP contribution in [0.25, 0.3) is 5.57 Å². The fourth-order valence-corrected chi connectivity index (χ4v) is 2.30. The normalized spacial score (nSPS) is 17.7. The van der Waals surface area contributed by atoms with Gasteiger partial charge in [0.15, 0.2) is 0 Å². The van der Waals surface area contributed by atoms with Crippen molar-refractivity contribution in [1.29, 1.82) is 0 Å². The number of hydrogen-bond donors (Lipinski definition) is 0. The van der Waals surface area contributed by atoms with Gasteiger partial charge >= 0.3 is 0 Å². The van der Waals surface area contributed by atoms with Gasteiger partial charge in [-0.2, -0.15) is 0 Å². The first-order valence-corrected chi connectivity index (χ1v) is 6.25. The highest BCUT2D eigenvalue weighted by atomic mass is 16.5. The van der Waals surface area contributed by atoms with Crippen molar-refractivity contribution in [2.24, 2.45) is 0 Å². The van der Waals surface area contributed by atoms with Crippen LogP contribution >= 0.6 is 0 Å². The summed E-state index contributed by atoms with van der Waals surface area (Å²) < 4.78 is 6.05. The highest BCUT2D eigenvalue weighted by Crippen LogP contribution is 2.36. The van der Waals surface area contributed by atoms with Gasteiger partial charge < -0.3 is 4.74 Å². The lowest BCUT2D eigenvalue weighted by molar-refractivity contribution is 0.250. The lowest BCUT2D eigenvalue weighted by atomic mass is 9.98. The lowest BCUT2D eigenvalue weighted by Crippen LogP contribution is -2.10. The van der Waals surface area contributed by atoms with Gasteiger partial charge in [-0.3, -0.25) is 0 Å². The summed E-state index contributed by atoms with van der Waals surface area (Å²) >= 11 is 0. The molecular weight excluding hydrogens is 220 g/mol. The van der Waals surface area contributed by atoms with Crippen LogP contribution in [0.4, 0.5) is 0 Å². The van der Waals surface area contributed by atoms with Crippen molar-refractivity contribution in [1.82, 2.24) is 0 Å². The summed E-state index contributed by atoms with van der Waals surface area (Å²) in [5.74, 6) is 0.975. The molecule has 2 aromatic carbocycles. The SMILES string of the molecule is CC1=C[C@H](c2ccc(C)cc2)Oc2ccccc21. The average molecular weight is 236 g/mol. The smallest absolute Gasteiger partial charge is 0.143 e. The van der Waals surface area contributed by atoms with Gasteiger partial charge in [-0.15, -0.1) is 0 Å². The van der Waals surface area contributed by atoms with E-state index < -0.39 is 0 Å². The summed E-state index contributed by atoms with van der Waals surface area (Å²) in [6.45, 7) is 4.24. The zero-order chi connectivity index (χ0) is 12.5. The number of aryl methyl sites for hydroxylation is 1. The summed E-state index contributed by atoms with van der Waals surface area (Å²) in [5, 5.41) is 0. The standard InChI is InChI=1S/C17H16O/c1-12-7-9-14(10-8-12)17-11-13(2)15-5-3-4-6-16(15)18-17/h3-11,17H,1-2H3/t17-/m1/s1. The molecule has 0 unspecified atom stereocenters. The van der Waals surface area contributed by atoms with Crippen LogP contribution in [0.1, 0.15) is 29.7 Å². The molecule has 90 valence electrons. The number of hydrogen-bond acceptors (Lipinski definition) is 1. The van der Waals surface area contributed by atoms with Crippen LogP contribution in [0.3, 0.4) is 0 Å². The molecular formula is C17H16O. The summed E-state index contributed by atoms with van der Waals surface area (Å²) in [6.07, 6.45) is 2.22. The number of para-hydroxylation sites is 1. The minimum absolute atomic E-state index is 0.0282. The van der Waals surface area contributed by atoms with Crippen molar-refractivity contribution in [2.45, 2.75) is 20.0 Å². The summed E-state index contributed by atoms with van der Waals surface area (Å²) in [5.41, 5.74) is 4.95.